The molecule has 2 atom stereocenters. The number of hydrogen-bond acceptors (Lipinski definition) is 4. The molecular formula is C21H33NO5. The molecule has 2 N–H and O–H groups in total. The van der Waals surface area contributed by atoms with E-state index < -0.39 is 11.9 Å². The number of rotatable bonds is 5. The predicted octanol–water partition coefficient (Wildman–Crippen LogP) is 3.51. The molecule has 27 heavy (non-hydrogen) atoms. The van der Waals surface area contributed by atoms with Crippen LogP contribution in [-0.2, 0) is 9.59 Å². The minimum atomic E-state index is -1.82. The zero-order valence-electron chi connectivity index (χ0n) is 17.1. The molecule has 0 spiro atoms. The van der Waals surface area contributed by atoms with Crippen molar-refractivity contribution in [2.24, 2.45) is 11.8 Å². The van der Waals surface area contributed by atoms with Crippen LogP contribution in [0.5, 0.6) is 5.75 Å². The van der Waals surface area contributed by atoms with Gasteiger partial charge >= 0.3 is 11.9 Å². The van der Waals surface area contributed by atoms with Gasteiger partial charge < -0.3 is 19.8 Å². The van der Waals surface area contributed by atoms with Crippen LogP contribution in [0.2, 0.25) is 0 Å². The van der Waals surface area contributed by atoms with E-state index in [1.807, 2.05) is 0 Å². The zero-order valence-corrected chi connectivity index (χ0v) is 17.1. The Bertz CT molecular complexity index is 622. The van der Waals surface area contributed by atoms with Crippen LogP contribution in [-0.4, -0.2) is 53.3 Å². The van der Waals surface area contributed by atoms with Crippen molar-refractivity contribution in [3.63, 3.8) is 0 Å². The number of benzene rings is 1. The van der Waals surface area contributed by atoms with Crippen LogP contribution < -0.4 is 4.74 Å². The first-order valence-electron chi connectivity index (χ1n) is 9.49. The molecule has 0 radical (unpaired) electrons. The van der Waals surface area contributed by atoms with E-state index in [0.29, 0.717) is 0 Å². The van der Waals surface area contributed by atoms with Crippen LogP contribution in [0.1, 0.15) is 43.4 Å². The number of nitrogens with zero attached hydrogens (tertiary/aromatic N) is 1. The van der Waals surface area contributed by atoms with Crippen LogP contribution in [0, 0.1) is 32.6 Å². The summed E-state index contributed by atoms with van der Waals surface area (Å²) in [4.78, 5) is 20.8. The maximum absolute atomic E-state index is 9.10. The van der Waals surface area contributed by atoms with Crippen LogP contribution in [0.15, 0.2) is 12.1 Å². The molecule has 1 fully saturated rings. The van der Waals surface area contributed by atoms with Crippen molar-refractivity contribution in [1.82, 2.24) is 4.90 Å². The van der Waals surface area contributed by atoms with Crippen molar-refractivity contribution in [1.29, 1.82) is 0 Å². The quantitative estimate of drug-likeness (QED) is 0.601. The highest BCUT2D eigenvalue weighted by Gasteiger charge is 2.21. The third kappa shape index (κ3) is 8.43. The van der Waals surface area contributed by atoms with Crippen LogP contribution in [0.25, 0.3) is 0 Å². The summed E-state index contributed by atoms with van der Waals surface area (Å²) >= 11 is 0. The summed E-state index contributed by atoms with van der Waals surface area (Å²) in [5.74, 6) is -0.898. The maximum atomic E-state index is 9.10. The SMILES string of the molecule is Cc1cc(C)c(C)c(OCCCN2CC(C)CC(C)C2)c1.O=C(O)C(=O)O. The number of piperidine rings is 1. The van der Waals surface area contributed by atoms with Gasteiger partial charge in [0, 0.05) is 19.6 Å². The van der Waals surface area contributed by atoms with Gasteiger partial charge in [0.05, 0.1) is 6.61 Å². The largest absolute Gasteiger partial charge is 0.493 e. The molecule has 0 amide bonds. The number of aryl methyl sites for hydroxylation is 2. The number of likely N-dealkylation sites (tertiary alicyclic amines) is 1. The summed E-state index contributed by atoms with van der Waals surface area (Å²) in [6, 6.07) is 4.38. The Morgan fingerprint density at radius 3 is 2.15 bits per heavy atom. The number of hydrogen-bond donors (Lipinski definition) is 2. The van der Waals surface area contributed by atoms with E-state index in [4.69, 9.17) is 24.5 Å². The fourth-order valence-electron chi connectivity index (χ4n) is 3.60. The summed E-state index contributed by atoms with van der Waals surface area (Å²) in [5, 5.41) is 14.8. The lowest BCUT2D eigenvalue weighted by atomic mass is 9.92. The monoisotopic (exact) mass is 379 g/mol. The van der Waals surface area contributed by atoms with E-state index in [1.54, 1.807) is 0 Å². The average molecular weight is 379 g/mol. The number of carbonyl (C=O) groups is 2. The van der Waals surface area contributed by atoms with Crippen molar-refractivity contribution in [3.8, 4) is 5.75 Å². The third-order valence-corrected chi connectivity index (χ3v) is 4.77. The molecule has 0 aliphatic carbocycles. The number of ether oxygens (including phenoxy) is 1. The molecule has 1 aromatic carbocycles. The first kappa shape index (κ1) is 23.0. The topological polar surface area (TPSA) is 87.1 Å². The Morgan fingerprint density at radius 2 is 1.63 bits per heavy atom. The van der Waals surface area contributed by atoms with Gasteiger partial charge in [-0.1, -0.05) is 19.9 Å². The Labute approximate surface area is 162 Å². The molecular weight excluding hydrogens is 346 g/mol. The van der Waals surface area contributed by atoms with E-state index in [0.717, 1.165) is 30.6 Å². The second kappa shape index (κ2) is 10.9. The minimum Gasteiger partial charge on any atom is -0.493 e. The standard InChI is InChI=1S/C19H31NO.C2H2O4/c1-14-10-17(4)18(5)19(11-14)21-8-6-7-20-12-15(2)9-16(3)13-20;3-1(4)2(5)6/h10-11,15-16H,6-9,12-13H2,1-5H3;(H,3,4)(H,5,6). The third-order valence-electron chi connectivity index (χ3n) is 4.77. The molecule has 152 valence electrons. The van der Waals surface area contributed by atoms with Gasteiger partial charge in [-0.15, -0.1) is 0 Å². The summed E-state index contributed by atoms with van der Waals surface area (Å²) in [6.45, 7) is 15.7. The van der Waals surface area contributed by atoms with Gasteiger partial charge in [-0.3, -0.25) is 0 Å². The summed E-state index contributed by atoms with van der Waals surface area (Å²) < 4.78 is 6.02. The van der Waals surface area contributed by atoms with Crippen LogP contribution in [0.3, 0.4) is 0 Å². The Hall–Kier alpha value is -2.08. The van der Waals surface area contributed by atoms with Crippen LogP contribution in [0.4, 0.5) is 0 Å². The van der Waals surface area contributed by atoms with E-state index in [-0.39, 0.29) is 0 Å². The highest BCUT2D eigenvalue weighted by atomic mass is 16.5. The Kier molecular flexibility index (Phi) is 9.29. The van der Waals surface area contributed by atoms with Gasteiger partial charge in [-0.05, 0) is 68.2 Å². The molecule has 1 heterocycles. The molecule has 1 aromatic rings. The minimum absolute atomic E-state index is 0.822. The summed E-state index contributed by atoms with van der Waals surface area (Å²) in [6.07, 6.45) is 2.50. The fourth-order valence-corrected chi connectivity index (χ4v) is 3.60. The van der Waals surface area contributed by atoms with E-state index in [2.05, 4.69) is 51.7 Å². The second-order valence-electron chi connectivity index (χ2n) is 7.72. The highest BCUT2D eigenvalue weighted by Crippen LogP contribution is 2.24. The smallest absolute Gasteiger partial charge is 0.414 e. The number of carboxylic acid groups (broad SMARTS) is 2. The molecule has 6 heteroatoms. The molecule has 2 unspecified atom stereocenters. The molecule has 1 saturated heterocycles. The zero-order chi connectivity index (χ0) is 20.6. The first-order valence-corrected chi connectivity index (χ1v) is 9.49. The maximum Gasteiger partial charge on any atom is 0.414 e. The van der Waals surface area contributed by atoms with Crippen LogP contribution >= 0.6 is 0 Å². The van der Waals surface area contributed by atoms with Gasteiger partial charge in [0.25, 0.3) is 0 Å². The summed E-state index contributed by atoms with van der Waals surface area (Å²) in [5.41, 5.74) is 3.89. The van der Waals surface area contributed by atoms with Crippen molar-refractivity contribution < 1.29 is 24.5 Å². The van der Waals surface area contributed by atoms with Gasteiger partial charge in [-0.25, -0.2) is 9.59 Å². The molecule has 0 bridgehead atoms. The van der Waals surface area contributed by atoms with Crippen molar-refractivity contribution in [2.45, 2.75) is 47.5 Å². The van der Waals surface area contributed by atoms with Gasteiger partial charge in [0.15, 0.2) is 0 Å². The Morgan fingerprint density at radius 1 is 1.07 bits per heavy atom. The van der Waals surface area contributed by atoms with Gasteiger partial charge in [0.1, 0.15) is 5.75 Å². The molecule has 2 rings (SSSR count). The average Bonchev–Trinajstić information content (AvgIpc) is 2.55. The molecule has 0 aromatic heterocycles. The van der Waals surface area contributed by atoms with E-state index in [1.165, 1.54) is 42.7 Å². The number of aliphatic carboxylic acids is 2. The van der Waals surface area contributed by atoms with Crippen molar-refractivity contribution >= 4 is 11.9 Å². The Balaban J connectivity index is 0.000000527. The van der Waals surface area contributed by atoms with E-state index >= 15 is 0 Å². The molecule has 1 aliphatic heterocycles. The lowest BCUT2D eigenvalue weighted by molar-refractivity contribution is -0.159. The molecule has 1 aliphatic rings. The lowest BCUT2D eigenvalue weighted by Crippen LogP contribution is -2.39. The van der Waals surface area contributed by atoms with Crippen molar-refractivity contribution in [3.05, 3.63) is 28.8 Å². The number of carboxylic acids is 2. The predicted molar refractivity (Wildman–Crippen MR) is 105 cm³/mol. The van der Waals surface area contributed by atoms with Gasteiger partial charge in [0.2, 0.25) is 0 Å². The van der Waals surface area contributed by atoms with E-state index in [9.17, 15) is 0 Å². The van der Waals surface area contributed by atoms with Gasteiger partial charge in [-0.2, -0.15) is 0 Å². The molecule has 0 saturated carbocycles. The second-order valence-corrected chi connectivity index (χ2v) is 7.72. The lowest BCUT2D eigenvalue weighted by Gasteiger charge is -2.34. The first-order chi connectivity index (χ1) is 12.6. The normalized spacial score (nSPS) is 19.7. The summed E-state index contributed by atoms with van der Waals surface area (Å²) in [7, 11) is 0. The molecule has 6 nitrogen and oxygen atoms in total. The van der Waals surface area contributed by atoms with Crippen molar-refractivity contribution in [2.75, 3.05) is 26.2 Å². The highest BCUT2D eigenvalue weighted by molar-refractivity contribution is 6.27. The fraction of sp³-hybridized carbons (Fsp3) is 0.619.